The van der Waals surface area contributed by atoms with Gasteiger partial charge in [0.15, 0.2) is 18.2 Å². The molecule has 0 saturated carbocycles. The molecule has 0 fully saturated rings. The third-order valence-electron chi connectivity index (χ3n) is 2.65. The summed E-state index contributed by atoms with van der Waals surface area (Å²) in [7, 11) is 0. The molecule has 0 bridgehead atoms. The van der Waals surface area contributed by atoms with Crippen LogP contribution in [-0.2, 0) is 4.79 Å². The van der Waals surface area contributed by atoms with Crippen molar-refractivity contribution in [2.45, 2.75) is 39.8 Å². The van der Waals surface area contributed by atoms with Crippen molar-refractivity contribution in [3.8, 4) is 5.75 Å². The summed E-state index contributed by atoms with van der Waals surface area (Å²) < 4.78 is 19.4. The fraction of sp³-hybridized carbons (Fsp3) is 0.500. The van der Waals surface area contributed by atoms with Gasteiger partial charge in [-0.1, -0.05) is 15.9 Å². The fourth-order valence-electron chi connectivity index (χ4n) is 1.98. The van der Waals surface area contributed by atoms with E-state index in [1.165, 1.54) is 12.1 Å². The van der Waals surface area contributed by atoms with Crippen molar-refractivity contribution in [3.05, 3.63) is 28.5 Å². The van der Waals surface area contributed by atoms with E-state index in [2.05, 4.69) is 15.9 Å². The van der Waals surface area contributed by atoms with Gasteiger partial charge in [0.2, 0.25) is 0 Å². The number of hydrogen-bond donors (Lipinski definition) is 0. The number of carbonyl (C=O) groups excluding carboxylic acids is 1. The lowest BCUT2D eigenvalue weighted by atomic mass is 10.2. The normalized spacial score (nSPS) is 10.9. The molecule has 1 aromatic carbocycles. The Labute approximate surface area is 121 Å². The van der Waals surface area contributed by atoms with E-state index >= 15 is 0 Å². The topological polar surface area (TPSA) is 29.5 Å². The number of hydrogen-bond acceptors (Lipinski definition) is 2. The van der Waals surface area contributed by atoms with Crippen molar-refractivity contribution in [3.63, 3.8) is 0 Å². The van der Waals surface area contributed by atoms with E-state index in [1.54, 1.807) is 11.0 Å². The maximum absolute atomic E-state index is 13.5. The molecule has 106 valence electrons. The van der Waals surface area contributed by atoms with Crippen molar-refractivity contribution in [1.29, 1.82) is 0 Å². The van der Waals surface area contributed by atoms with Crippen LogP contribution in [0.1, 0.15) is 27.7 Å². The lowest BCUT2D eigenvalue weighted by molar-refractivity contribution is -0.137. The fourth-order valence-corrected chi connectivity index (χ4v) is 2.31. The summed E-state index contributed by atoms with van der Waals surface area (Å²) in [5, 5.41) is 0. The molecule has 0 atom stereocenters. The van der Waals surface area contributed by atoms with Gasteiger partial charge in [0.05, 0.1) is 0 Å². The highest BCUT2D eigenvalue weighted by Crippen LogP contribution is 2.21. The number of halogens is 2. The first kappa shape index (κ1) is 16.0. The molecule has 0 spiro atoms. The van der Waals surface area contributed by atoms with Crippen LogP contribution in [0.15, 0.2) is 22.7 Å². The van der Waals surface area contributed by atoms with Gasteiger partial charge in [-0.25, -0.2) is 4.39 Å². The third-order valence-corrected chi connectivity index (χ3v) is 3.14. The molecule has 0 saturated heterocycles. The molecule has 0 N–H and O–H groups in total. The average molecular weight is 332 g/mol. The van der Waals surface area contributed by atoms with Crippen LogP contribution in [0.5, 0.6) is 5.75 Å². The Bertz CT molecular complexity index is 441. The van der Waals surface area contributed by atoms with Crippen LogP contribution in [0.4, 0.5) is 4.39 Å². The monoisotopic (exact) mass is 331 g/mol. The summed E-state index contributed by atoms with van der Waals surface area (Å²) in [5.74, 6) is -0.542. The highest BCUT2D eigenvalue weighted by atomic mass is 79.9. The van der Waals surface area contributed by atoms with E-state index < -0.39 is 5.82 Å². The van der Waals surface area contributed by atoms with E-state index in [4.69, 9.17) is 4.74 Å². The number of carbonyl (C=O) groups is 1. The highest BCUT2D eigenvalue weighted by molar-refractivity contribution is 9.10. The van der Waals surface area contributed by atoms with Crippen molar-refractivity contribution in [2.24, 2.45) is 0 Å². The minimum Gasteiger partial charge on any atom is -0.481 e. The van der Waals surface area contributed by atoms with Crippen LogP contribution < -0.4 is 4.74 Å². The minimum atomic E-state index is -0.484. The van der Waals surface area contributed by atoms with E-state index in [0.29, 0.717) is 4.47 Å². The third kappa shape index (κ3) is 4.49. The van der Waals surface area contributed by atoms with Crippen LogP contribution >= 0.6 is 15.9 Å². The summed E-state index contributed by atoms with van der Waals surface area (Å²) in [6, 6.07) is 4.66. The molecule has 1 rings (SSSR count). The Morgan fingerprint density at radius 3 is 2.37 bits per heavy atom. The smallest absolute Gasteiger partial charge is 0.260 e. The second-order valence-corrected chi connectivity index (χ2v) is 5.77. The zero-order chi connectivity index (χ0) is 14.6. The molecule has 0 aliphatic rings. The van der Waals surface area contributed by atoms with Crippen molar-refractivity contribution < 1.29 is 13.9 Å². The number of amides is 1. The van der Waals surface area contributed by atoms with E-state index in [0.717, 1.165) is 0 Å². The van der Waals surface area contributed by atoms with Crippen LogP contribution in [0.3, 0.4) is 0 Å². The van der Waals surface area contributed by atoms with E-state index in [1.807, 2.05) is 27.7 Å². The number of benzene rings is 1. The van der Waals surface area contributed by atoms with Gasteiger partial charge in [-0.05, 0) is 45.9 Å². The van der Waals surface area contributed by atoms with Crippen molar-refractivity contribution in [2.75, 3.05) is 6.61 Å². The maximum atomic E-state index is 13.5. The van der Waals surface area contributed by atoms with Crippen LogP contribution in [0, 0.1) is 5.82 Å². The molecule has 0 radical (unpaired) electrons. The van der Waals surface area contributed by atoms with Gasteiger partial charge in [0, 0.05) is 16.6 Å². The Morgan fingerprint density at radius 1 is 1.32 bits per heavy atom. The van der Waals surface area contributed by atoms with Crippen molar-refractivity contribution in [1.82, 2.24) is 4.90 Å². The first-order valence-electron chi connectivity index (χ1n) is 6.22. The summed E-state index contributed by atoms with van der Waals surface area (Å²) >= 11 is 3.17. The molecule has 0 unspecified atom stereocenters. The molecule has 0 aliphatic heterocycles. The first-order valence-corrected chi connectivity index (χ1v) is 7.01. The van der Waals surface area contributed by atoms with Crippen LogP contribution in [0.2, 0.25) is 0 Å². The summed E-state index contributed by atoms with van der Waals surface area (Å²) in [5.41, 5.74) is 0. The Morgan fingerprint density at radius 2 is 1.89 bits per heavy atom. The largest absolute Gasteiger partial charge is 0.481 e. The predicted octanol–water partition coefficient (Wildman–Crippen LogP) is 3.61. The first-order chi connectivity index (χ1) is 8.82. The Balaban J connectivity index is 2.67. The summed E-state index contributed by atoms with van der Waals surface area (Å²) in [6.07, 6.45) is 0. The maximum Gasteiger partial charge on any atom is 0.260 e. The number of ether oxygens (including phenoxy) is 1. The summed E-state index contributed by atoms with van der Waals surface area (Å²) in [6.45, 7) is 7.61. The molecular formula is C14H19BrFNO2. The molecular weight excluding hydrogens is 313 g/mol. The average Bonchev–Trinajstić information content (AvgIpc) is 2.26. The van der Waals surface area contributed by atoms with Gasteiger partial charge in [0.1, 0.15) is 0 Å². The SMILES string of the molecule is CC(C)N(C(=O)COc1ccc(Br)cc1F)C(C)C. The zero-order valence-electron chi connectivity index (χ0n) is 11.6. The van der Waals surface area contributed by atoms with Crippen molar-refractivity contribution >= 4 is 21.8 Å². The molecule has 19 heavy (non-hydrogen) atoms. The zero-order valence-corrected chi connectivity index (χ0v) is 13.2. The van der Waals surface area contributed by atoms with E-state index in [9.17, 15) is 9.18 Å². The number of rotatable bonds is 5. The highest BCUT2D eigenvalue weighted by Gasteiger charge is 2.20. The van der Waals surface area contributed by atoms with Gasteiger partial charge in [0.25, 0.3) is 5.91 Å². The standard InChI is InChI=1S/C14H19BrFNO2/c1-9(2)17(10(3)4)14(18)8-19-13-6-5-11(15)7-12(13)16/h5-7,9-10H,8H2,1-4H3. The molecule has 1 aromatic rings. The summed E-state index contributed by atoms with van der Waals surface area (Å²) in [4.78, 5) is 13.8. The second-order valence-electron chi connectivity index (χ2n) is 4.85. The molecule has 5 heteroatoms. The molecule has 0 heterocycles. The van der Waals surface area contributed by atoms with Crippen LogP contribution in [-0.4, -0.2) is 29.5 Å². The molecule has 1 amide bonds. The Hall–Kier alpha value is -1.10. The quantitative estimate of drug-likeness (QED) is 0.824. The van der Waals surface area contributed by atoms with Gasteiger partial charge in [-0.3, -0.25) is 4.79 Å². The lowest BCUT2D eigenvalue weighted by Gasteiger charge is -2.30. The minimum absolute atomic E-state index is 0.0870. The number of nitrogens with zero attached hydrogens (tertiary/aromatic N) is 1. The van der Waals surface area contributed by atoms with Gasteiger partial charge >= 0.3 is 0 Å². The van der Waals surface area contributed by atoms with Gasteiger partial charge < -0.3 is 9.64 Å². The molecule has 0 aliphatic carbocycles. The predicted molar refractivity (Wildman–Crippen MR) is 76.7 cm³/mol. The second kappa shape index (κ2) is 6.89. The molecule has 3 nitrogen and oxygen atoms in total. The van der Waals surface area contributed by atoms with Crippen LogP contribution in [0.25, 0.3) is 0 Å². The van der Waals surface area contributed by atoms with Gasteiger partial charge in [-0.15, -0.1) is 0 Å². The lowest BCUT2D eigenvalue weighted by Crippen LogP contribution is -2.44. The van der Waals surface area contributed by atoms with Gasteiger partial charge in [-0.2, -0.15) is 0 Å². The van der Waals surface area contributed by atoms with E-state index in [-0.39, 0.29) is 30.3 Å². The Kier molecular flexibility index (Phi) is 5.79. The molecule has 0 aromatic heterocycles.